The maximum atomic E-state index is 11.6. The highest BCUT2D eigenvalue weighted by Gasteiger charge is 2.36. The zero-order chi connectivity index (χ0) is 13.9. The predicted octanol–water partition coefficient (Wildman–Crippen LogP) is 1.26. The molecule has 1 saturated carbocycles. The maximum absolute atomic E-state index is 11.6. The Labute approximate surface area is 117 Å². The highest BCUT2D eigenvalue weighted by molar-refractivity contribution is 7.99. The Hall–Kier alpha value is -1.14. The van der Waals surface area contributed by atoms with E-state index in [-0.39, 0.29) is 5.91 Å². The second kappa shape index (κ2) is 5.88. The van der Waals surface area contributed by atoms with Crippen molar-refractivity contribution in [3.63, 3.8) is 0 Å². The first-order chi connectivity index (χ1) is 8.99. The van der Waals surface area contributed by atoms with Crippen LogP contribution < -0.4 is 11.1 Å². The van der Waals surface area contributed by atoms with Gasteiger partial charge < -0.3 is 11.1 Å². The van der Waals surface area contributed by atoms with Crippen LogP contribution in [0.15, 0.2) is 17.6 Å². The van der Waals surface area contributed by atoms with E-state index in [1.807, 2.05) is 13.8 Å². The summed E-state index contributed by atoms with van der Waals surface area (Å²) in [6.07, 6.45) is 6.55. The molecule has 0 bridgehead atoms. The minimum atomic E-state index is -0.626. The Balaban J connectivity index is 1.84. The van der Waals surface area contributed by atoms with Gasteiger partial charge >= 0.3 is 0 Å². The van der Waals surface area contributed by atoms with Gasteiger partial charge in [0.05, 0.1) is 5.54 Å². The van der Waals surface area contributed by atoms with Crippen LogP contribution in [0.5, 0.6) is 0 Å². The molecule has 1 fully saturated rings. The highest BCUT2D eigenvalue weighted by Crippen LogP contribution is 2.25. The first-order valence-corrected chi connectivity index (χ1v) is 7.47. The largest absolute Gasteiger partial charge is 0.368 e. The molecule has 1 heterocycles. The van der Waals surface area contributed by atoms with Gasteiger partial charge in [0.25, 0.3) is 0 Å². The molecule has 5 nitrogen and oxygen atoms in total. The zero-order valence-corrected chi connectivity index (χ0v) is 12.2. The summed E-state index contributed by atoms with van der Waals surface area (Å²) >= 11 is 1.55. The second-order valence-corrected chi connectivity index (χ2v) is 6.32. The summed E-state index contributed by atoms with van der Waals surface area (Å²) in [4.78, 5) is 20.1. The number of nitrogens with two attached hydrogens (primary N) is 1. The average Bonchev–Trinajstić information content (AvgIpc) is 3.15. The van der Waals surface area contributed by atoms with Gasteiger partial charge in [-0.2, -0.15) is 0 Å². The van der Waals surface area contributed by atoms with E-state index in [2.05, 4.69) is 15.3 Å². The molecule has 1 unspecified atom stereocenters. The van der Waals surface area contributed by atoms with Crippen molar-refractivity contribution in [2.24, 2.45) is 5.73 Å². The molecule has 1 amide bonds. The third kappa shape index (κ3) is 4.18. The number of nitrogens with zero attached hydrogens (tertiary/aromatic N) is 2. The summed E-state index contributed by atoms with van der Waals surface area (Å²) in [5, 5.41) is 4.07. The molecule has 6 heteroatoms. The van der Waals surface area contributed by atoms with Crippen molar-refractivity contribution in [3.05, 3.63) is 18.0 Å². The van der Waals surface area contributed by atoms with E-state index in [0.717, 1.165) is 29.3 Å². The molecule has 104 valence electrons. The lowest BCUT2D eigenvalue weighted by molar-refractivity contribution is -0.124. The van der Waals surface area contributed by atoms with Crippen LogP contribution in [0.4, 0.5) is 0 Å². The van der Waals surface area contributed by atoms with Gasteiger partial charge in [-0.05, 0) is 38.7 Å². The molecule has 0 aromatic carbocycles. The first-order valence-electron chi connectivity index (χ1n) is 6.49. The molecule has 19 heavy (non-hydrogen) atoms. The smallest absolute Gasteiger partial charge is 0.237 e. The molecular formula is C13H20N4OS. The Bertz CT molecular complexity index is 446. The number of aryl methyl sites for hydroxylation is 1. The van der Waals surface area contributed by atoms with Crippen LogP contribution in [0.3, 0.4) is 0 Å². The van der Waals surface area contributed by atoms with E-state index in [1.54, 1.807) is 24.2 Å². The van der Waals surface area contributed by atoms with Gasteiger partial charge in [-0.25, -0.2) is 9.97 Å². The molecule has 1 aliphatic rings. The number of amides is 1. The molecule has 0 saturated heterocycles. The van der Waals surface area contributed by atoms with E-state index < -0.39 is 5.54 Å². The number of primary amides is 1. The number of thioether (sulfide) groups is 1. The van der Waals surface area contributed by atoms with Gasteiger partial charge in [-0.1, -0.05) is 11.8 Å². The third-order valence-corrected chi connectivity index (χ3v) is 4.11. The van der Waals surface area contributed by atoms with Crippen molar-refractivity contribution in [1.29, 1.82) is 0 Å². The van der Waals surface area contributed by atoms with Crippen molar-refractivity contribution in [1.82, 2.24) is 15.3 Å². The number of carbonyl (C=O) groups is 1. The lowest BCUT2D eigenvalue weighted by Gasteiger charge is -2.27. The minimum absolute atomic E-state index is 0.287. The topological polar surface area (TPSA) is 80.9 Å². The fraction of sp³-hybridized carbons (Fsp3) is 0.615. The van der Waals surface area contributed by atoms with Crippen LogP contribution in [0, 0.1) is 6.92 Å². The van der Waals surface area contributed by atoms with E-state index in [4.69, 9.17) is 5.73 Å². The number of aromatic nitrogens is 2. The van der Waals surface area contributed by atoms with Crippen molar-refractivity contribution in [2.75, 3.05) is 5.75 Å². The number of nitrogens with one attached hydrogen (secondary N) is 1. The zero-order valence-electron chi connectivity index (χ0n) is 11.3. The van der Waals surface area contributed by atoms with E-state index >= 15 is 0 Å². The van der Waals surface area contributed by atoms with Gasteiger partial charge in [0.1, 0.15) is 0 Å². The number of hydrogen-bond acceptors (Lipinski definition) is 5. The predicted molar refractivity (Wildman–Crippen MR) is 75.9 cm³/mol. The molecule has 0 spiro atoms. The fourth-order valence-electron chi connectivity index (χ4n) is 1.75. The summed E-state index contributed by atoms with van der Waals surface area (Å²) in [7, 11) is 0. The standard InChI is InChI=1S/C13H20N4OS/c1-9-7-15-12(16-8-9)19-6-5-13(2,11(14)18)17-10-3-4-10/h7-8,10,17H,3-6H2,1-2H3,(H2,14,18). The monoisotopic (exact) mass is 280 g/mol. The van der Waals surface area contributed by atoms with Crippen LogP contribution >= 0.6 is 11.8 Å². The lowest BCUT2D eigenvalue weighted by atomic mass is 9.98. The Kier molecular flexibility index (Phi) is 4.42. The molecule has 3 N–H and O–H groups in total. The molecule has 1 atom stereocenters. The van der Waals surface area contributed by atoms with Gasteiger partial charge in [-0.15, -0.1) is 0 Å². The third-order valence-electron chi connectivity index (χ3n) is 3.23. The van der Waals surface area contributed by atoms with Gasteiger partial charge in [0, 0.05) is 24.2 Å². The van der Waals surface area contributed by atoms with Crippen LogP contribution in [-0.4, -0.2) is 33.2 Å². The van der Waals surface area contributed by atoms with Gasteiger partial charge in [-0.3, -0.25) is 4.79 Å². The number of rotatable bonds is 7. The van der Waals surface area contributed by atoms with Crippen molar-refractivity contribution in [3.8, 4) is 0 Å². The molecular weight excluding hydrogens is 260 g/mol. The van der Waals surface area contributed by atoms with E-state index in [9.17, 15) is 4.79 Å². The maximum Gasteiger partial charge on any atom is 0.237 e. The molecule has 0 radical (unpaired) electrons. The summed E-state index contributed by atoms with van der Waals surface area (Å²) in [5.74, 6) is 0.479. The van der Waals surface area contributed by atoms with Crippen LogP contribution in [0.2, 0.25) is 0 Å². The molecule has 1 aliphatic carbocycles. The molecule has 2 rings (SSSR count). The number of carbonyl (C=O) groups excluding carboxylic acids is 1. The van der Waals surface area contributed by atoms with Crippen LogP contribution in [-0.2, 0) is 4.79 Å². The Morgan fingerprint density at radius 2 is 2.16 bits per heavy atom. The Morgan fingerprint density at radius 1 is 1.53 bits per heavy atom. The minimum Gasteiger partial charge on any atom is -0.368 e. The highest BCUT2D eigenvalue weighted by atomic mass is 32.2. The average molecular weight is 280 g/mol. The van der Waals surface area contributed by atoms with Gasteiger partial charge in [0.2, 0.25) is 5.91 Å². The van der Waals surface area contributed by atoms with E-state index in [1.165, 1.54) is 0 Å². The van der Waals surface area contributed by atoms with Gasteiger partial charge in [0.15, 0.2) is 5.16 Å². The summed E-state index contributed by atoms with van der Waals surface area (Å²) in [6.45, 7) is 3.84. The lowest BCUT2D eigenvalue weighted by Crippen LogP contribution is -2.54. The first kappa shape index (κ1) is 14.3. The SMILES string of the molecule is Cc1cnc(SCCC(C)(NC2CC2)C(N)=O)nc1. The van der Waals surface area contributed by atoms with Crippen molar-refractivity contribution in [2.45, 2.75) is 49.8 Å². The van der Waals surface area contributed by atoms with E-state index in [0.29, 0.717) is 12.5 Å². The normalized spacial score (nSPS) is 18.0. The molecule has 1 aromatic heterocycles. The molecule has 0 aliphatic heterocycles. The van der Waals surface area contributed by atoms with Crippen molar-refractivity contribution < 1.29 is 4.79 Å². The number of hydrogen-bond donors (Lipinski definition) is 2. The Morgan fingerprint density at radius 3 is 2.68 bits per heavy atom. The molecule has 1 aromatic rings. The second-order valence-electron chi connectivity index (χ2n) is 5.26. The van der Waals surface area contributed by atoms with Crippen LogP contribution in [0.25, 0.3) is 0 Å². The quantitative estimate of drug-likeness (QED) is 0.580. The summed E-state index contributed by atoms with van der Waals surface area (Å²) < 4.78 is 0. The summed E-state index contributed by atoms with van der Waals surface area (Å²) in [6, 6.07) is 0.457. The summed E-state index contributed by atoms with van der Waals surface area (Å²) in [5.41, 5.74) is 5.92. The fourth-order valence-corrected chi connectivity index (χ4v) is 2.69. The van der Waals surface area contributed by atoms with Crippen LogP contribution in [0.1, 0.15) is 31.7 Å². The van der Waals surface area contributed by atoms with Crippen molar-refractivity contribution >= 4 is 17.7 Å².